The Bertz CT molecular complexity index is 616. The first kappa shape index (κ1) is 14.0. The fourth-order valence-corrected chi connectivity index (χ4v) is 2.27. The summed E-state index contributed by atoms with van der Waals surface area (Å²) >= 11 is 9.19. The molecule has 5 heteroatoms. The van der Waals surface area contributed by atoms with Crippen molar-refractivity contribution < 1.29 is 4.79 Å². The number of aromatic nitrogens is 1. The number of nitrogens with one attached hydrogen (secondary N) is 1. The van der Waals surface area contributed by atoms with Gasteiger partial charge in [0.25, 0.3) is 5.91 Å². The average Bonchev–Trinajstić information content (AvgIpc) is 2.40. The summed E-state index contributed by atoms with van der Waals surface area (Å²) in [6, 6.07) is 10.7. The van der Waals surface area contributed by atoms with Crippen LogP contribution in [0, 0.1) is 0 Å². The summed E-state index contributed by atoms with van der Waals surface area (Å²) in [4.78, 5) is 16.1. The van der Waals surface area contributed by atoms with E-state index in [1.807, 2.05) is 25.1 Å². The van der Waals surface area contributed by atoms with Crippen LogP contribution in [0.25, 0.3) is 0 Å². The van der Waals surface area contributed by atoms with Crippen LogP contribution in [-0.4, -0.2) is 10.9 Å². The number of hydrogen-bond acceptors (Lipinski definition) is 2. The van der Waals surface area contributed by atoms with Gasteiger partial charge in [-0.25, -0.2) is 4.98 Å². The summed E-state index contributed by atoms with van der Waals surface area (Å²) in [5.41, 5.74) is 2.15. The van der Waals surface area contributed by atoms with E-state index >= 15 is 0 Å². The Balaban J connectivity index is 2.24. The molecule has 0 aliphatic rings. The Hall–Kier alpha value is -1.39. The van der Waals surface area contributed by atoms with Gasteiger partial charge in [0.15, 0.2) is 0 Å². The third-order valence-electron chi connectivity index (χ3n) is 2.64. The fourth-order valence-electron chi connectivity index (χ4n) is 1.70. The van der Waals surface area contributed by atoms with Crippen molar-refractivity contribution in [1.29, 1.82) is 0 Å². The molecule has 2 rings (SSSR count). The minimum Gasteiger partial charge on any atom is -0.320 e. The third kappa shape index (κ3) is 3.55. The van der Waals surface area contributed by atoms with Crippen molar-refractivity contribution in [3.63, 3.8) is 0 Å². The van der Waals surface area contributed by atoms with Crippen molar-refractivity contribution in [1.82, 2.24) is 4.98 Å². The lowest BCUT2D eigenvalue weighted by atomic mass is 10.1. The van der Waals surface area contributed by atoms with Crippen molar-refractivity contribution in [3.8, 4) is 0 Å². The number of hydrogen-bond donors (Lipinski definition) is 1. The van der Waals surface area contributed by atoms with Crippen molar-refractivity contribution >= 4 is 39.1 Å². The molecule has 1 aromatic carbocycles. The van der Waals surface area contributed by atoms with E-state index in [1.54, 1.807) is 18.2 Å². The highest BCUT2D eigenvalue weighted by atomic mass is 79.9. The standard InChI is InChI=1S/C14H12BrClN2O/c1-2-9-8-10(15)6-7-11(9)18-14(19)12-4-3-5-13(16)17-12/h3-8H,2H2,1H3,(H,18,19). The first-order chi connectivity index (χ1) is 9.10. The van der Waals surface area contributed by atoms with Crippen LogP contribution in [-0.2, 0) is 6.42 Å². The number of rotatable bonds is 3. The minimum atomic E-state index is -0.264. The van der Waals surface area contributed by atoms with E-state index in [2.05, 4.69) is 26.2 Å². The summed E-state index contributed by atoms with van der Waals surface area (Å²) in [6.07, 6.45) is 0.831. The molecule has 0 radical (unpaired) electrons. The molecule has 0 bridgehead atoms. The van der Waals surface area contributed by atoms with Crippen molar-refractivity contribution in [2.24, 2.45) is 0 Å². The Labute approximate surface area is 125 Å². The molecular weight excluding hydrogens is 328 g/mol. The van der Waals surface area contributed by atoms with Gasteiger partial charge in [-0.2, -0.15) is 0 Å². The van der Waals surface area contributed by atoms with Gasteiger partial charge in [-0.3, -0.25) is 4.79 Å². The van der Waals surface area contributed by atoms with Gasteiger partial charge in [0.2, 0.25) is 0 Å². The second-order valence-electron chi connectivity index (χ2n) is 3.95. The maximum absolute atomic E-state index is 12.1. The lowest BCUT2D eigenvalue weighted by Crippen LogP contribution is -2.14. The van der Waals surface area contributed by atoms with Crippen LogP contribution in [0.5, 0.6) is 0 Å². The molecule has 0 aliphatic heterocycles. The van der Waals surface area contributed by atoms with Gasteiger partial charge < -0.3 is 5.32 Å². The highest BCUT2D eigenvalue weighted by molar-refractivity contribution is 9.10. The molecule has 0 saturated heterocycles. The summed E-state index contributed by atoms with van der Waals surface area (Å²) in [6.45, 7) is 2.04. The van der Waals surface area contributed by atoms with Gasteiger partial charge >= 0.3 is 0 Å². The molecule has 0 atom stereocenters. The number of nitrogens with zero attached hydrogens (tertiary/aromatic N) is 1. The number of amides is 1. The number of aryl methyl sites for hydroxylation is 1. The lowest BCUT2D eigenvalue weighted by Gasteiger charge is -2.10. The number of halogens is 2. The Morgan fingerprint density at radius 2 is 2.16 bits per heavy atom. The number of carbonyl (C=O) groups excluding carboxylic acids is 1. The first-order valence-corrected chi connectivity index (χ1v) is 6.99. The van der Waals surface area contributed by atoms with Gasteiger partial charge in [0.1, 0.15) is 10.8 Å². The van der Waals surface area contributed by atoms with Crippen LogP contribution in [0.4, 0.5) is 5.69 Å². The minimum absolute atomic E-state index is 0.264. The molecular formula is C14H12BrClN2O. The van der Waals surface area contributed by atoms with Gasteiger partial charge in [-0.05, 0) is 42.3 Å². The van der Waals surface area contributed by atoms with E-state index in [0.29, 0.717) is 10.8 Å². The summed E-state index contributed by atoms with van der Waals surface area (Å²) in [7, 11) is 0. The maximum Gasteiger partial charge on any atom is 0.274 e. The first-order valence-electron chi connectivity index (χ1n) is 5.82. The molecule has 1 heterocycles. The maximum atomic E-state index is 12.1. The molecule has 19 heavy (non-hydrogen) atoms. The van der Waals surface area contributed by atoms with Crippen LogP contribution >= 0.6 is 27.5 Å². The quantitative estimate of drug-likeness (QED) is 0.847. The highest BCUT2D eigenvalue weighted by Crippen LogP contribution is 2.22. The zero-order valence-electron chi connectivity index (χ0n) is 10.3. The molecule has 2 aromatic rings. The Kier molecular flexibility index (Phi) is 4.56. The predicted octanol–water partition coefficient (Wildman–Crippen LogP) is 4.31. The third-order valence-corrected chi connectivity index (χ3v) is 3.35. The van der Waals surface area contributed by atoms with Crippen LogP contribution in [0.1, 0.15) is 23.0 Å². The number of anilines is 1. The highest BCUT2D eigenvalue weighted by Gasteiger charge is 2.10. The molecule has 1 amide bonds. The molecule has 98 valence electrons. The molecule has 0 saturated carbocycles. The molecule has 0 spiro atoms. The van der Waals surface area contributed by atoms with Crippen molar-refractivity contribution in [2.45, 2.75) is 13.3 Å². The van der Waals surface area contributed by atoms with E-state index in [-0.39, 0.29) is 5.91 Å². The smallest absolute Gasteiger partial charge is 0.274 e. The topological polar surface area (TPSA) is 42.0 Å². The molecule has 0 unspecified atom stereocenters. The summed E-state index contributed by atoms with van der Waals surface area (Å²) in [5.74, 6) is -0.264. The molecule has 1 aromatic heterocycles. The van der Waals surface area contributed by atoms with Gasteiger partial charge in [-0.15, -0.1) is 0 Å². The van der Waals surface area contributed by atoms with E-state index < -0.39 is 0 Å². The van der Waals surface area contributed by atoms with E-state index in [0.717, 1.165) is 22.1 Å². The second kappa shape index (κ2) is 6.17. The number of benzene rings is 1. The monoisotopic (exact) mass is 338 g/mol. The number of carbonyl (C=O) groups is 1. The summed E-state index contributed by atoms with van der Waals surface area (Å²) in [5, 5.41) is 3.16. The Morgan fingerprint density at radius 1 is 1.37 bits per heavy atom. The largest absolute Gasteiger partial charge is 0.320 e. The summed E-state index contributed by atoms with van der Waals surface area (Å²) < 4.78 is 0.989. The van der Waals surface area contributed by atoms with Gasteiger partial charge in [0.05, 0.1) is 0 Å². The number of pyridine rings is 1. The van der Waals surface area contributed by atoms with Gasteiger partial charge in [-0.1, -0.05) is 40.5 Å². The van der Waals surface area contributed by atoms with Crippen molar-refractivity contribution in [2.75, 3.05) is 5.32 Å². The van der Waals surface area contributed by atoms with Crippen LogP contribution in [0.2, 0.25) is 5.15 Å². The zero-order chi connectivity index (χ0) is 13.8. The van der Waals surface area contributed by atoms with E-state index in [9.17, 15) is 4.79 Å². The van der Waals surface area contributed by atoms with E-state index in [1.165, 1.54) is 0 Å². The Morgan fingerprint density at radius 3 is 2.84 bits per heavy atom. The van der Waals surface area contributed by atoms with Gasteiger partial charge in [0, 0.05) is 10.2 Å². The zero-order valence-corrected chi connectivity index (χ0v) is 12.6. The van der Waals surface area contributed by atoms with E-state index in [4.69, 9.17) is 11.6 Å². The lowest BCUT2D eigenvalue weighted by molar-refractivity contribution is 0.102. The van der Waals surface area contributed by atoms with Crippen LogP contribution < -0.4 is 5.32 Å². The van der Waals surface area contributed by atoms with Crippen LogP contribution in [0.3, 0.4) is 0 Å². The van der Waals surface area contributed by atoms with Crippen LogP contribution in [0.15, 0.2) is 40.9 Å². The second-order valence-corrected chi connectivity index (χ2v) is 5.26. The molecule has 3 nitrogen and oxygen atoms in total. The molecule has 1 N–H and O–H groups in total. The molecule has 0 aliphatic carbocycles. The average molecular weight is 340 g/mol. The molecule has 0 fully saturated rings. The van der Waals surface area contributed by atoms with Crippen molar-refractivity contribution in [3.05, 3.63) is 57.3 Å². The SMILES string of the molecule is CCc1cc(Br)ccc1NC(=O)c1cccc(Cl)n1. The predicted molar refractivity (Wildman–Crippen MR) is 80.7 cm³/mol. The fraction of sp³-hybridized carbons (Fsp3) is 0.143. The normalized spacial score (nSPS) is 10.3.